The van der Waals surface area contributed by atoms with E-state index in [1.54, 1.807) is 24.3 Å². The van der Waals surface area contributed by atoms with Gasteiger partial charge in [-0.25, -0.2) is 13.6 Å². The van der Waals surface area contributed by atoms with Crippen molar-refractivity contribution in [2.45, 2.75) is 57.8 Å². The van der Waals surface area contributed by atoms with E-state index in [9.17, 15) is 13.6 Å². The van der Waals surface area contributed by atoms with Crippen molar-refractivity contribution >= 4 is 18.1 Å². The Labute approximate surface area is 200 Å². The van der Waals surface area contributed by atoms with Gasteiger partial charge in [-0.3, -0.25) is 0 Å². The van der Waals surface area contributed by atoms with Crippen LogP contribution in [0.4, 0.5) is 8.78 Å². The zero-order valence-electron chi connectivity index (χ0n) is 20.1. The van der Waals surface area contributed by atoms with E-state index in [2.05, 4.69) is 39.8 Å². The van der Waals surface area contributed by atoms with Gasteiger partial charge in [-0.05, 0) is 75.3 Å². The first-order chi connectivity index (χ1) is 16.0. The second kappa shape index (κ2) is 8.83. The van der Waals surface area contributed by atoms with E-state index in [-0.39, 0.29) is 16.4 Å². The summed E-state index contributed by atoms with van der Waals surface area (Å²) in [5.74, 6) is -2.09. The zero-order chi connectivity index (χ0) is 24.7. The van der Waals surface area contributed by atoms with Crippen LogP contribution in [0.3, 0.4) is 0 Å². The molecule has 0 saturated heterocycles. The van der Waals surface area contributed by atoms with E-state index in [1.165, 1.54) is 23.3 Å². The van der Waals surface area contributed by atoms with Gasteiger partial charge in [-0.1, -0.05) is 70.2 Å². The molecule has 0 fully saturated rings. The third kappa shape index (κ3) is 4.82. The molecule has 2 nitrogen and oxygen atoms in total. The van der Waals surface area contributed by atoms with Gasteiger partial charge in [0.25, 0.3) is 0 Å². The lowest BCUT2D eigenvalue weighted by molar-refractivity contribution is 0.0697. The van der Waals surface area contributed by atoms with Gasteiger partial charge in [0.1, 0.15) is 11.6 Å². The monoisotopic (exact) mass is 460 g/mol. The molecule has 0 bridgehead atoms. The minimum absolute atomic E-state index is 0.00977. The number of fused-ring (bicyclic) bond motifs is 1. The fraction of sp³-hybridized carbons (Fsp3) is 0.300. The summed E-state index contributed by atoms with van der Waals surface area (Å²) in [6.45, 7) is 9.03. The second-order valence-corrected chi connectivity index (χ2v) is 10.5. The third-order valence-electron chi connectivity index (χ3n) is 7.12. The van der Waals surface area contributed by atoms with Crippen LogP contribution in [0, 0.1) is 11.6 Å². The normalized spacial score (nSPS) is 16.4. The molecule has 0 heterocycles. The fourth-order valence-electron chi connectivity index (χ4n) is 4.78. The first kappa shape index (κ1) is 23.9. The molecule has 4 rings (SSSR count). The smallest absolute Gasteiger partial charge is 0.335 e. The molecule has 176 valence electrons. The number of carbonyl (C=O) groups is 1. The van der Waals surface area contributed by atoms with Crippen molar-refractivity contribution in [2.24, 2.45) is 0 Å². The summed E-state index contributed by atoms with van der Waals surface area (Å²) in [5.41, 5.74) is 6.14. The molecule has 3 aromatic rings. The Morgan fingerprint density at radius 1 is 0.853 bits per heavy atom. The molecule has 3 aromatic carbocycles. The number of carboxylic acid groups (broad SMARTS) is 1. The van der Waals surface area contributed by atoms with Crippen LogP contribution in [0.2, 0.25) is 0 Å². The van der Waals surface area contributed by atoms with Crippen LogP contribution >= 0.6 is 0 Å². The van der Waals surface area contributed by atoms with Crippen molar-refractivity contribution in [3.05, 3.63) is 105 Å². The van der Waals surface area contributed by atoms with Crippen LogP contribution in [0.15, 0.2) is 54.6 Å². The molecule has 1 aliphatic carbocycles. The molecular weight excluding hydrogens is 430 g/mol. The quantitative estimate of drug-likeness (QED) is 0.395. The molecule has 4 heteroatoms. The number of rotatable bonds is 5. The summed E-state index contributed by atoms with van der Waals surface area (Å²) in [5, 5.41) is 9.13. The molecule has 0 amide bonds. The topological polar surface area (TPSA) is 37.3 Å². The average Bonchev–Trinajstić information content (AvgIpc) is 2.78. The highest BCUT2D eigenvalue weighted by Gasteiger charge is 2.37. The van der Waals surface area contributed by atoms with Crippen molar-refractivity contribution in [1.29, 1.82) is 0 Å². The third-order valence-corrected chi connectivity index (χ3v) is 7.12. The summed E-state index contributed by atoms with van der Waals surface area (Å²) < 4.78 is 28.0. The van der Waals surface area contributed by atoms with Crippen molar-refractivity contribution in [1.82, 2.24) is 0 Å². The van der Waals surface area contributed by atoms with E-state index in [0.717, 1.165) is 35.6 Å². The number of carboxylic acids is 1. The predicted octanol–water partition coefficient (Wildman–Crippen LogP) is 7.77. The van der Waals surface area contributed by atoms with Gasteiger partial charge in [0.2, 0.25) is 0 Å². The molecule has 0 saturated carbocycles. The molecule has 1 aliphatic rings. The van der Waals surface area contributed by atoms with Crippen LogP contribution in [-0.4, -0.2) is 11.1 Å². The van der Waals surface area contributed by atoms with Crippen molar-refractivity contribution < 1.29 is 18.7 Å². The van der Waals surface area contributed by atoms with Gasteiger partial charge in [0.15, 0.2) is 0 Å². The molecule has 0 aliphatic heterocycles. The summed E-state index contributed by atoms with van der Waals surface area (Å²) in [4.78, 5) is 11.1. The lowest BCUT2D eigenvalue weighted by atomic mass is 9.62. The Hall–Kier alpha value is -3.27. The number of hydrogen-bond acceptors (Lipinski definition) is 1. The highest BCUT2D eigenvalue weighted by atomic mass is 19.1. The lowest BCUT2D eigenvalue weighted by Crippen LogP contribution is -2.34. The minimum Gasteiger partial charge on any atom is -0.478 e. The van der Waals surface area contributed by atoms with Crippen LogP contribution in [-0.2, 0) is 17.3 Å². The predicted molar refractivity (Wildman–Crippen MR) is 133 cm³/mol. The summed E-state index contributed by atoms with van der Waals surface area (Å²) in [6, 6.07) is 14.8. The van der Waals surface area contributed by atoms with E-state index in [1.807, 2.05) is 12.2 Å². The Morgan fingerprint density at radius 3 is 2.06 bits per heavy atom. The van der Waals surface area contributed by atoms with Gasteiger partial charge in [-0.15, -0.1) is 0 Å². The van der Waals surface area contributed by atoms with Crippen LogP contribution in [0.5, 0.6) is 0 Å². The van der Waals surface area contributed by atoms with Gasteiger partial charge in [0, 0.05) is 12.5 Å². The molecule has 0 spiro atoms. The molecule has 0 atom stereocenters. The Morgan fingerprint density at radius 2 is 1.47 bits per heavy atom. The maximum Gasteiger partial charge on any atom is 0.335 e. The Balaban J connectivity index is 1.81. The fourth-order valence-corrected chi connectivity index (χ4v) is 4.78. The molecule has 0 unspecified atom stereocenters. The minimum atomic E-state index is -0.960. The summed E-state index contributed by atoms with van der Waals surface area (Å²) in [6.07, 6.45) is 6.46. The first-order valence-electron chi connectivity index (χ1n) is 11.6. The van der Waals surface area contributed by atoms with Gasteiger partial charge < -0.3 is 5.11 Å². The second-order valence-electron chi connectivity index (χ2n) is 10.5. The average molecular weight is 461 g/mol. The zero-order valence-corrected chi connectivity index (χ0v) is 20.1. The van der Waals surface area contributed by atoms with E-state index in [0.29, 0.717) is 12.0 Å². The number of halogens is 2. The van der Waals surface area contributed by atoms with Crippen molar-refractivity contribution in [2.75, 3.05) is 0 Å². The van der Waals surface area contributed by atoms with Crippen molar-refractivity contribution in [3.8, 4) is 0 Å². The lowest BCUT2D eigenvalue weighted by Gasteiger charge is -2.42. The molecule has 34 heavy (non-hydrogen) atoms. The Bertz CT molecular complexity index is 1270. The highest BCUT2D eigenvalue weighted by Crippen LogP contribution is 2.47. The largest absolute Gasteiger partial charge is 0.478 e. The van der Waals surface area contributed by atoms with Gasteiger partial charge in [-0.2, -0.15) is 0 Å². The van der Waals surface area contributed by atoms with E-state index >= 15 is 0 Å². The van der Waals surface area contributed by atoms with Crippen LogP contribution in [0.25, 0.3) is 12.2 Å². The van der Waals surface area contributed by atoms with Crippen LogP contribution < -0.4 is 0 Å². The SMILES string of the molecule is CC1(C)CCC(C)(C)c2cc(Cc3ccc(F)cc3F)c(C=Cc3ccc(C(=O)O)cc3)cc21. The van der Waals surface area contributed by atoms with E-state index < -0.39 is 17.6 Å². The Kier molecular flexibility index (Phi) is 6.20. The maximum atomic E-state index is 14.5. The molecule has 0 aromatic heterocycles. The standard InChI is InChI=1S/C30H30F2O2/c1-29(2)13-14-30(3,4)26-17-23(15-22-11-12-24(31)18-27(22)32)21(16-25(26)29)10-7-19-5-8-20(9-6-19)28(33)34/h5-12,16-18H,13-15H2,1-4H3,(H,33,34). The summed E-state index contributed by atoms with van der Waals surface area (Å²) >= 11 is 0. The van der Waals surface area contributed by atoms with Gasteiger partial charge in [0.05, 0.1) is 5.56 Å². The molecule has 0 radical (unpaired) electrons. The van der Waals surface area contributed by atoms with Crippen LogP contribution in [0.1, 0.15) is 84.3 Å². The molecule has 1 N–H and O–H groups in total. The number of aromatic carboxylic acids is 1. The molecular formula is C30H30F2O2. The number of hydrogen-bond donors (Lipinski definition) is 1. The first-order valence-corrected chi connectivity index (χ1v) is 11.6. The number of benzene rings is 3. The van der Waals surface area contributed by atoms with E-state index in [4.69, 9.17) is 5.11 Å². The summed E-state index contributed by atoms with van der Waals surface area (Å²) in [7, 11) is 0. The van der Waals surface area contributed by atoms with Crippen molar-refractivity contribution in [3.63, 3.8) is 0 Å². The maximum absolute atomic E-state index is 14.5. The van der Waals surface area contributed by atoms with Gasteiger partial charge >= 0.3 is 5.97 Å². The highest BCUT2D eigenvalue weighted by molar-refractivity contribution is 5.88.